The third-order valence-corrected chi connectivity index (χ3v) is 5.64. The molecule has 0 aromatic heterocycles. The molecule has 0 saturated heterocycles. The Bertz CT molecular complexity index is 696. The predicted octanol–water partition coefficient (Wildman–Crippen LogP) is 1.99. The molecule has 20 heavy (non-hydrogen) atoms. The van der Waals surface area contributed by atoms with Gasteiger partial charge >= 0.3 is 0 Å². The number of aliphatic hydroxyl groups excluding tert-OH is 1. The number of benzene rings is 1. The van der Waals surface area contributed by atoms with Gasteiger partial charge in [-0.1, -0.05) is 18.9 Å². The Kier molecular flexibility index (Phi) is 3.72. The van der Waals surface area contributed by atoms with E-state index >= 15 is 0 Å². The number of nitrogens with one attached hydrogen (secondary N) is 1. The van der Waals surface area contributed by atoms with Crippen LogP contribution >= 0.6 is 0 Å². The van der Waals surface area contributed by atoms with Gasteiger partial charge in [0.25, 0.3) is 0 Å². The molecule has 1 aromatic rings. The number of nitrogens with zero attached hydrogens (tertiary/aromatic N) is 2. The van der Waals surface area contributed by atoms with Crippen molar-refractivity contribution in [1.82, 2.24) is 4.72 Å². The monoisotopic (exact) mass is 313 g/mol. The highest BCUT2D eigenvalue weighted by Gasteiger charge is 2.30. The molecular formula is C12H15N3O3S2. The van der Waals surface area contributed by atoms with Gasteiger partial charge in [0.2, 0.25) is 10.0 Å². The van der Waals surface area contributed by atoms with Crippen LogP contribution in [0.2, 0.25) is 0 Å². The van der Waals surface area contributed by atoms with Crippen LogP contribution in [0, 0.1) is 0 Å². The molecule has 0 spiro atoms. The summed E-state index contributed by atoms with van der Waals surface area (Å²) in [6, 6.07) is 4.47. The summed E-state index contributed by atoms with van der Waals surface area (Å²) >= 11 is 0.988. The first-order valence-electron chi connectivity index (χ1n) is 6.49. The van der Waals surface area contributed by atoms with Crippen molar-refractivity contribution in [1.29, 1.82) is 0 Å². The molecule has 1 heterocycles. The predicted molar refractivity (Wildman–Crippen MR) is 76.6 cm³/mol. The fourth-order valence-electron chi connectivity index (χ4n) is 2.51. The van der Waals surface area contributed by atoms with E-state index in [4.69, 9.17) is 0 Å². The largest absolute Gasteiger partial charge is 0.391 e. The molecule has 1 aliphatic carbocycles. The minimum atomic E-state index is -3.70. The van der Waals surface area contributed by atoms with E-state index in [0.717, 1.165) is 24.2 Å². The van der Waals surface area contributed by atoms with E-state index in [0.29, 0.717) is 24.2 Å². The molecule has 0 radical (unpaired) electrons. The van der Waals surface area contributed by atoms with Crippen LogP contribution < -0.4 is 4.72 Å². The van der Waals surface area contributed by atoms with Crippen molar-refractivity contribution < 1.29 is 13.5 Å². The summed E-state index contributed by atoms with van der Waals surface area (Å²) in [5.41, 5.74) is 0.956. The second kappa shape index (κ2) is 5.36. The van der Waals surface area contributed by atoms with Crippen molar-refractivity contribution in [2.75, 3.05) is 0 Å². The minimum absolute atomic E-state index is 0.126. The normalized spacial score (nSPS) is 25.2. The fourth-order valence-corrected chi connectivity index (χ4v) is 4.58. The average molecular weight is 313 g/mol. The minimum Gasteiger partial charge on any atom is -0.391 e. The van der Waals surface area contributed by atoms with Crippen LogP contribution in [0.1, 0.15) is 25.7 Å². The highest BCUT2D eigenvalue weighted by Crippen LogP contribution is 2.37. The first-order chi connectivity index (χ1) is 9.58. The molecule has 1 saturated carbocycles. The maximum atomic E-state index is 12.5. The maximum absolute atomic E-state index is 12.5. The number of sulfonamides is 1. The molecule has 0 amide bonds. The van der Waals surface area contributed by atoms with Crippen molar-refractivity contribution in [2.24, 2.45) is 8.73 Å². The molecule has 1 fully saturated rings. The zero-order valence-electron chi connectivity index (χ0n) is 10.7. The van der Waals surface area contributed by atoms with Gasteiger partial charge < -0.3 is 5.11 Å². The lowest BCUT2D eigenvalue weighted by atomic mass is 9.93. The van der Waals surface area contributed by atoms with E-state index in [1.54, 1.807) is 12.1 Å². The van der Waals surface area contributed by atoms with Crippen molar-refractivity contribution in [3.05, 3.63) is 18.2 Å². The maximum Gasteiger partial charge on any atom is 0.243 e. The van der Waals surface area contributed by atoms with Gasteiger partial charge in [0, 0.05) is 6.04 Å². The summed E-state index contributed by atoms with van der Waals surface area (Å²) in [7, 11) is -3.70. The van der Waals surface area contributed by atoms with E-state index < -0.39 is 22.2 Å². The third-order valence-electron chi connectivity index (χ3n) is 3.57. The van der Waals surface area contributed by atoms with Gasteiger partial charge in [-0.3, -0.25) is 0 Å². The fraction of sp³-hybridized carbons (Fsp3) is 0.500. The molecule has 6 nitrogen and oxygen atoms in total. The van der Waals surface area contributed by atoms with Gasteiger partial charge in [-0.15, -0.1) is 0 Å². The molecule has 3 rings (SSSR count). The van der Waals surface area contributed by atoms with Crippen molar-refractivity contribution in [3.8, 4) is 0 Å². The van der Waals surface area contributed by atoms with Crippen molar-refractivity contribution in [3.63, 3.8) is 0 Å². The van der Waals surface area contributed by atoms with Crippen LogP contribution in [0.5, 0.6) is 0 Å². The standard InChI is InChI=1S/C12H15N3O3S2/c16-10-6-2-1-4-8(10)15-20(17,18)11-7-3-5-9-12(11)14-19-13-9/h3,5,7-8,10,15-16H,1-2,4,6H2/t8-,10-/m0/s1. The number of rotatable bonds is 3. The van der Waals surface area contributed by atoms with Crippen molar-refractivity contribution in [2.45, 2.75) is 42.7 Å². The van der Waals surface area contributed by atoms with Gasteiger partial charge in [0.15, 0.2) is 0 Å². The highest BCUT2D eigenvalue weighted by molar-refractivity contribution is 7.89. The van der Waals surface area contributed by atoms with Gasteiger partial charge in [-0.25, -0.2) is 13.1 Å². The number of fused-ring (bicyclic) bond motifs is 1. The van der Waals surface area contributed by atoms with Crippen LogP contribution in [0.15, 0.2) is 31.8 Å². The molecular weight excluding hydrogens is 298 g/mol. The molecule has 2 N–H and O–H groups in total. The lowest BCUT2D eigenvalue weighted by Crippen LogP contribution is -2.44. The number of aliphatic hydroxyl groups is 1. The van der Waals surface area contributed by atoms with Crippen LogP contribution in [-0.2, 0) is 21.4 Å². The zero-order chi connectivity index (χ0) is 14.2. The first kappa shape index (κ1) is 13.9. The van der Waals surface area contributed by atoms with Crippen LogP contribution in [0.25, 0.3) is 0 Å². The Balaban J connectivity index is 1.89. The third kappa shape index (κ3) is 2.56. The van der Waals surface area contributed by atoms with E-state index in [2.05, 4.69) is 13.4 Å². The second-order valence-corrected chi connectivity index (χ2v) is 7.18. The zero-order valence-corrected chi connectivity index (χ0v) is 12.3. The van der Waals surface area contributed by atoms with E-state index in [1.807, 2.05) is 0 Å². The molecule has 2 atom stereocenters. The summed E-state index contributed by atoms with van der Waals surface area (Å²) in [6.45, 7) is 0. The van der Waals surface area contributed by atoms with Crippen LogP contribution in [0.4, 0.5) is 11.4 Å². The quantitative estimate of drug-likeness (QED) is 0.908. The Morgan fingerprint density at radius 2 is 2.05 bits per heavy atom. The second-order valence-electron chi connectivity index (χ2n) is 4.97. The molecule has 8 heteroatoms. The summed E-state index contributed by atoms with van der Waals surface area (Å²) in [6.07, 6.45) is 2.53. The molecule has 0 unspecified atom stereocenters. The van der Waals surface area contributed by atoms with Crippen LogP contribution in [-0.4, -0.2) is 25.7 Å². The van der Waals surface area contributed by atoms with Gasteiger partial charge in [-0.05, 0) is 25.0 Å². The Hall–Kier alpha value is -1.09. The summed E-state index contributed by atoms with van der Waals surface area (Å²) in [5.74, 6) is 0. The smallest absolute Gasteiger partial charge is 0.243 e. The Morgan fingerprint density at radius 1 is 1.25 bits per heavy atom. The van der Waals surface area contributed by atoms with E-state index in [1.165, 1.54) is 6.07 Å². The molecule has 2 aliphatic rings. The van der Waals surface area contributed by atoms with Gasteiger partial charge in [-0.2, -0.15) is 8.73 Å². The topological polar surface area (TPSA) is 91.1 Å². The van der Waals surface area contributed by atoms with Crippen LogP contribution in [0.3, 0.4) is 0 Å². The van der Waals surface area contributed by atoms with Gasteiger partial charge in [0.1, 0.15) is 16.3 Å². The lowest BCUT2D eigenvalue weighted by Gasteiger charge is -2.28. The highest BCUT2D eigenvalue weighted by atomic mass is 32.2. The molecule has 1 aromatic carbocycles. The number of hydrogen-bond acceptors (Lipinski definition) is 5. The van der Waals surface area contributed by atoms with E-state index in [-0.39, 0.29) is 4.90 Å². The van der Waals surface area contributed by atoms with Crippen molar-refractivity contribution >= 4 is 32.8 Å². The Labute approximate surface area is 121 Å². The first-order valence-corrected chi connectivity index (χ1v) is 8.71. The van der Waals surface area contributed by atoms with Gasteiger partial charge in [0.05, 0.1) is 17.5 Å². The molecule has 108 valence electrons. The van der Waals surface area contributed by atoms with E-state index in [9.17, 15) is 13.5 Å². The molecule has 1 aliphatic heterocycles. The number of hydrogen-bond donors (Lipinski definition) is 2. The summed E-state index contributed by atoms with van der Waals surface area (Å²) in [5, 5.41) is 9.90. The SMILES string of the molecule is O=S(=O)(N[C@H]1CCCC[C@@H]1O)c1cccc2c1N=S=N2. The Morgan fingerprint density at radius 3 is 2.85 bits per heavy atom. The average Bonchev–Trinajstić information content (AvgIpc) is 2.89. The lowest BCUT2D eigenvalue weighted by molar-refractivity contribution is 0.101. The summed E-state index contributed by atoms with van der Waals surface area (Å²) < 4.78 is 35.6. The summed E-state index contributed by atoms with van der Waals surface area (Å²) in [4.78, 5) is 0.126. The molecule has 0 bridgehead atoms.